The molecule has 2 aromatic rings. The number of fused-ring (bicyclic) bond motifs is 1. The molecule has 4 rings (SSSR count). The third-order valence-corrected chi connectivity index (χ3v) is 4.71. The van der Waals surface area contributed by atoms with Gasteiger partial charge in [-0.2, -0.15) is 0 Å². The van der Waals surface area contributed by atoms with E-state index in [1.807, 2.05) is 4.90 Å². The monoisotopic (exact) mass is 377 g/mol. The molecule has 0 unspecified atom stereocenters. The van der Waals surface area contributed by atoms with Gasteiger partial charge in [0.25, 0.3) is 5.91 Å². The number of rotatable bonds is 4. The summed E-state index contributed by atoms with van der Waals surface area (Å²) in [6, 6.07) is 10.9. The van der Waals surface area contributed by atoms with Crippen LogP contribution >= 0.6 is 0 Å². The summed E-state index contributed by atoms with van der Waals surface area (Å²) in [6.07, 6.45) is -2.41. The molecule has 0 aromatic heterocycles. The lowest BCUT2D eigenvalue weighted by Crippen LogP contribution is -2.34. The Balaban J connectivity index is 1.59. The van der Waals surface area contributed by atoms with Gasteiger partial charge in [0, 0.05) is 6.54 Å². The molecule has 0 radical (unpaired) electrons. The fourth-order valence-corrected chi connectivity index (χ4v) is 3.18. The van der Waals surface area contributed by atoms with Gasteiger partial charge in [-0.3, -0.25) is 4.79 Å². The average molecular weight is 377 g/mol. The van der Waals surface area contributed by atoms with Crippen molar-refractivity contribution in [2.24, 2.45) is 5.92 Å². The Morgan fingerprint density at radius 3 is 2.44 bits per heavy atom. The molecule has 2 aromatic carbocycles. The molecule has 1 aliphatic heterocycles. The Bertz CT molecular complexity index is 845. The van der Waals surface area contributed by atoms with E-state index in [4.69, 9.17) is 4.74 Å². The number of carbonyl (C=O) groups excluding carboxylic acids is 1. The van der Waals surface area contributed by atoms with Crippen LogP contribution in [-0.4, -0.2) is 36.9 Å². The zero-order valence-electron chi connectivity index (χ0n) is 14.5. The van der Waals surface area contributed by atoms with Crippen molar-refractivity contribution in [1.82, 2.24) is 4.90 Å². The van der Waals surface area contributed by atoms with Crippen LogP contribution in [0.1, 0.15) is 23.2 Å². The molecule has 0 spiro atoms. The van der Waals surface area contributed by atoms with Crippen LogP contribution in [0.5, 0.6) is 11.5 Å². The van der Waals surface area contributed by atoms with E-state index in [1.54, 1.807) is 18.2 Å². The van der Waals surface area contributed by atoms with Gasteiger partial charge < -0.3 is 14.4 Å². The molecule has 4 nitrogen and oxygen atoms in total. The van der Waals surface area contributed by atoms with Gasteiger partial charge in [-0.25, -0.2) is 0 Å². The second-order valence-electron chi connectivity index (χ2n) is 6.83. The van der Waals surface area contributed by atoms with Crippen LogP contribution < -0.4 is 9.47 Å². The van der Waals surface area contributed by atoms with Gasteiger partial charge >= 0.3 is 6.36 Å². The molecule has 1 heterocycles. The molecule has 1 saturated carbocycles. The Labute approximate surface area is 154 Å². The first-order valence-corrected chi connectivity index (χ1v) is 8.81. The van der Waals surface area contributed by atoms with Gasteiger partial charge in [0.15, 0.2) is 0 Å². The van der Waals surface area contributed by atoms with Crippen LogP contribution in [0.15, 0.2) is 42.5 Å². The number of hydrogen-bond acceptors (Lipinski definition) is 3. The minimum Gasteiger partial charge on any atom is -0.491 e. The zero-order chi connectivity index (χ0) is 19.0. The summed E-state index contributed by atoms with van der Waals surface area (Å²) in [5.41, 5.74) is 1.91. The molecule has 0 atom stereocenters. The minimum atomic E-state index is -4.72. The molecule has 1 amide bonds. The highest BCUT2D eigenvalue weighted by Crippen LogP contribution is 2.34. The summed E-state index contributed by atoms with van der Waals surface area (Å²) in [5, 5.41) is 0. The summed E-state index contributed by atoms with van der Waals surface area (Å²) < 4.78 is 46.5. The normalized spacial score (nSPS) is 17.1. The van der Waals surface area contributed by atoms with Gasteiger partial charge in [0.1, 0.15) is 18.1 Å². The SMILES string of the molecule is O=C1c2cc(-c3ccc(OC(F)(F)F)cc3)ccc2OCCN1CC1CC1. The molecule has 0 saturated heterocycles. The zero-order valence-corrected chi connectivity index (χ0v) is 14.5. The van der Waals surface area contributed by atoms with Crippen molar-refractivity contribution in [2.45, 2.75) is 19.2 Å². The summed E-state index contributed by atoms with van der Waals surface area (Å²) in [5.74, 6) is 0.781. The molecule has 27 heavy (non-hydrogen) atoms. The van der Waals surface area contributed by atoms with Crippen molar-refractivity contribution in [3.8, 4) is 22.6 Å². The molecular weight excluding hydrogens is 359 g/mol. The molecule has 7 heteroatoms. The fourth-order valence-electron chi connectivity index (χ4n) is 3.18. The van der Waals surface area contributed by atoms with Crippen molar-refractivity contribution in [2.75, 3.05) is 19.7 Å². The molecule has 0 N–H and O–H groups in total. The van der Waals surface area contributed by atoms with E-state index in [0.717, 1.165) is 24.9 Å². The Morgan fingerprint density at radius 1 is 1.07 bits per heavy atom. The van der Waals surface area contributed by atoms with Crippen molar-refractivity contribution >= 4 is 5.91 Å². The van der Waals surface area contributed by atoms with Crippen LogP contribution in [0.25, 0.3) is 11.1 Å². The number of alkyl halides is 3. The van der Waals surface area contributed by atoms with Crippen molar-refractivity contribution in [1.29, 1.82) is 0 Å². The van der Waals surface area contributed by atoms with E-state index in [-0.39, 0.29) is 11.7 Å². The highest BCUT2D eigenvalue weighted by Gasteiger charge is 2.31. The number of hydrogen-bond donors (Lipinski definition) is 0. The molecular formula is C20H18F3NO3. The summed E-state index contributed by atoms with van der Waals surface area (Å²) in [7, 11) is 0. The number of nitrogens with zero attached hydrogens (tertiary/aromatic N) is 1. The van der Waals surface area contributed by atoms with E-state index < -0.39 is 6.36 Å². The molecule has 0 bridgehead atoms. The van der Waals surface area contributed by atoms with Crippen LogP contribution in [0, 0.1) is 5.92 Å². The van der Waals surface area contributed by atoms with Crippen LogP contribution in [0.4, 0.5) is 13.2 Å². The minimum absolute atomic E-state index is 0.0618. The van der Waals surface area contributed by atoms with Crippen LogP contribution in [0.2, 0.25) is 0 Å². The summed E-state index contributed by atoms with van der Waals surface area (Å²) >= 11 is 0. The lowest BCUT2D eigenvalue weighted by molar-refractivity contribution is -0.274. The topological polar surface area (TPSA) is 38.8 Å². The number of benzene rings is 2. The maximum absolute atomic E-state index is 12.9. The van der Waals surface area contributed by atoms with E-state index >= 15 is 0 Å². The van der Waals surface area contributed by atoms with Gasteiger partial charge in [0.05, 0.1) is 12.1 Å². The van der Waals surface area contributed by atoms with E-state index in [9.17, 15) is 18.0 Å². The highest BCUT2D eigenvalue weighted by atomic mass is 19.4. The highest BCUT2D eigenvalue weighted by molar-refractivity contribution is 5.98. The van der Waals surface area contributed by atoms with Crippen molar-refractivity contribution in [3.05, 3.63) is 48.0 Å². The quantitative estimate of drug-likeness (QED) is 0.788. The first-order chi connectivity index (χ1) is 12.9. The second kappa shape index (κ2) is 6.79. The van der Waals surface area contributed by atoms with Crippen molar-refractivity contribution in [3.63, 3.8) is 0 Å². The lowest BCUT2D eigenvalue weighted by atomic mass is 10.0. The number of halogens is 3. The van der Waals surface area contributed by atoms with Crippen LogP contribution in [-0.2, 0) is 0 Å². The first-order valence-electron chi connectivity index (χ1n) is 8.81. The Kier molecular flexibility index (Phi) is 4.45. The molecule has 1 aliphatic carbocycles. The van der Waals surface area contributed by atoms with Gasteiger partial charge in [0.2, 0.25) is 0 Å². The number of carbonyl (C=O) groups is 1. The van der Waals surface area contributed by atoms with Crippen LogP contribution in [0.3, 0.4) is 0 Å². The van der Waals surface area contributed by atoms with E-state index in [0.29, 0.717) is 35.9 Å². The predicted molar refractivity (Wildman–Crippen MR) is 92.7 cm³/mol. The molecule has 142 valence electrons. The third kappa shape index (κ3) is 4.18. The maximum atomic E-state index is 12.9. The van der Waals surface area contributed by atoms with Crippen molar-refractivity contribution < 1.29 is 27.4 Å². The Morgan fingerprint density at radius 2 is 1.78 bits per heavy atom. The summed E-state index contributed by atoms with van der Waals surface area (Å²) in [4.78, 5) is 14.7. The smallest absolute Gasteiger partial charge is 0.491 e. The largest absolute Gasteiger partial charge is 0.573 e. The van der Waals surface area contributed by atoms with Gasteiger partial charge in [-0.1, -0.05) is 18.2 Å². The third-order valence-electron chi connectivity index (χ3n) is 4.71. The Hall–Kier alpha value is -2.70. The fraction of sp³-hybridized carbons (Fsp3) is 0.350. The van der Waals surface area contributed by atoms with E-state index in [1.165, 1.54) is 24.3 Å². The predicted octanol–water partition coefficient (Wildman–Crippen LogP) is 4.50. The number of ether oxygens (including phenoxy) is 2. The standard InChI is InChI=1S/C20H18F3NO3/c21-20(22,23)27-16-6-3-14(4-7-16)15-5-8-18-17(11-15)19(25)24(9-10-26-18)12-13-1-2-13/h3-8,11,13H,1-2,9-10,12H2. The number of amides is 1. The summed E-state index contributed by atoms with van der Waals surface area (Å²) in [6.45, 7) is 1.76. The lowest BCUT2D eigenvalue weighted by Gasteiger charge is -2.19. The average Bonchev–Trinajstić information content (AvgIpc) is 3.44. The molecule has 2 aliphatic rings. The molecule has 1 fully saturated rings. The maximum Gasteiger partial charge on any atom is 0.573 e. The van der Waals surface area contributed by atoms with E-state index in [2.05, 4.69) is 4.74 Å². The van der Waals surface area contributed by atoms with Gasteiger partial charge in [-0.15, -0.1) is 13.2 Å². The second-order valence-corrected chi connectivity index (χ2v) is 6.83. The first kappa shape index (κ1) is 17.7. The van der Waals surface area contributed by atoms with Gasteiger partial charge in [-0.05, 0) is 54.2 Å².